The number of amides is 6. The van der Waals surface area contributed by atoms with Gasteiger partial charge in [0.05, 0.1) is 23.7 Å². The Morgan fingerprint density at radius 1 is 0.675 bits per heavy atom. The monoisotopic (exact) mass is 1090 g/mol. The van der Waals surface area contributed by atoms with E-state index in [1.54, 1.807) is 31.3 Å². The zero-order valence-electron chi connectivity index (χ0n) is 45.8. The predicted molar refractivity (Wildman–Crippen MR) is 295 cm³/mol. The number of nitrogens with one attached hydrogen (secondary N) is 2. The van der Waals surface area contributed by atoms with Gasteiger partial charge in [0.2, 0.25) is 11.8 Å². The van der Waals surface area contributed by atoms with Crippen molar-refractivity contribution in [1.29, 1.82) is 10.5 Å². The minimum absolute atomic E-state index is 0.0536. The molecule has 0 saturated carbocycles. The highest BCUT2D eigenvalue weighted by molar-refractivity contribution is 6.02. The number of carbonyl (C=O) groups excluding carboxylic acids is 6. The summed E-state index contributed by atoms with van der Waals surface area (Å²) in [5.74, 6) is 1.75. The second-order valence-corrected chi connectivity index (χ2v) is 21.1. The Morgan fingerprint density at radius 3 is 1.68 bits per heavy atom. The molecule has 6 amide bonds. The molecule has 10 heterocycles. The first kappa shape index (κ1) is 56.9. The fourth-order valence-corrected chi connectivity index (χ4v) is 11.5. The fourth-order valence-electron chi connectivity index (χ4n) is 11.5. The normalized spacial score (nSPS) is 18.4. The number of nitriles is 2. The number of aryl methyl sites for hydroxylation is 4. The molecule has 2 N–H and O–H groups in total. The average Bonchev–Trinajstić information content (AvgIpc) is 4.01. The maximum absolute atomic E-state index is 13.3. The number of likely N-dealkylation sites (tertiary alicyclic amines) is 1. The number of methoxy groups -OCH3 is 2. The number of ether oxygens (including phenoxy) is 2. The number of pyridine rings is 4. The number of hydrogen-bond donors (Lipinski definition) is 2. The van der Waals surface area contributed by atoms with Gasteiger partial charge in [-0.15, -0.1) is 0 Å². The van der Waals surface area contributed by atoms with Crippen molar-refractivity contribution in [3.63, 3.8) is 0 Å². The quantitative estimate of drug-likeness (QED) is 0.111. The smallest absolute Gasteiger partial charge is 0.328 e. The van der Waals surface area contributed by atoms with Crippen molar-refractivity contribution >= 4 is 59.7 Å². The van der Waals surface area contributed by atoms with Crippen LogP contribution in [-0.4, -0.2) is 193 Å². The molecule has 4 aromatic heterocycles. The number of aldehydes is 2. The molecule has 1 atom stereocenters. The lowest BCUT2D eigenvalue weighted by Gasteiger charge is -2.46. The number of aromatic nitrogens is 4. The van der Waals surface area contributed by atoms with Crippen molar-refractivity contribution in [2.45, 2.75) is 89.4 Å². The molecule has 23 nitrogen and oxygen atoms in total. The molecular formula is C57H69N15O8. The number of fused-ring (bicyclic) bond motifs is 3. The van der Waals surface area contributed by atoms with Crippen molar-refractivity contribution in [1.82, 2.24) is 44.4 Å². The lowest BCUT2D eigenvalue weighted by atomic mass is 10.0. The first-order valence-corrected chi connectivity index (χ1v) is 27.5. The summed E-state index contributed by atoms with van der Waals surface area (Å²) in [4.78, 5) is 108. The number of rotatable bonds is 17. The van der Waals surface area contributed by atoms with E-state index < -0.39 is 12.1 Å². The molecule has 420 valence electrons. The first-order chi connectivity index (χ1) is 38.9. The van der Waals surface area contributed by atoms with E-state index in [9.17, 15) is 39.3 Å². The maximum atomic E-state index is 13.3. The SMILES string of the molecule is COCCCc1cc(NC(=O)N2CCCc3cc(CN4CCN(C5CN(C)C5)CC4=O)c(C=O)nc32)ncc1C#N.COCCCc1cc(NC(=O)N2CCCc3cc(CN4CCN5CCCC5C4=O)c(C=O)nc32)ncc1C#N. The van der Waals surface area contributed by atoms with Crippen LogP contribution in [0.3, 0.4) is 0 Å². The summed E-state index contributed by atoms with van der Waals surface area (Å²) in [6.07, 6.45) is 11.9. The predicted octanol–water partition coefficient (Wildman–Crippen LogP) is 4.21. The average molecular weight is 1090 g/mol. The molecule has 0 aromatic carbocycles. The van der Waals surface area contributed by atoms with Gasteiger partial charge in [0, 0.05) is 122 Å². The Kier molecular flexibility index (Phi) is 18.8. The number of likely N-dealkylation sites (N-methyl/N-ethyl adjacent to an activating group) is 1. The molecule has 10 rings (SSSR count). The van der Waals surface area contributed by atoms with E-state index in [1.165, 1.54) is 22.2 Å². The Hall–Kier alpha value is -7.80. The topological polar surface area (TPSA) is 267 Å². The van der Waals surface area contributed by atoms with Crippen LogP contribution >= 0.6 is 0 Å². The molecule has 6 aliphatic heterocycles. The largest absolute Gasteiger partial charge is 0.385 e. The number of anilines is 4. The first-order valence-electron chi connectivity index (χ1n) is 27.5. The van der Waals surface area contributed by atoms with Crippen molar-refractivity contribution in [2.75, 3.05) is 120 Å². The van der Waals surface area contributed by atoms with Crippen LogP contribution in [0.4, 0.5) is 32.9 Å². The van der Waals surface area contributed by atoms with Gasteiger partial charge in [-0.3, -0.25) is 49.4 Å². The van der Waals surface area contributed by atoms with E-state index in [0.717, 1.165) is 99.9 Å². The highest BCUT2D eigenvalue weighted by atomic mass is 16.5. The van der Waals surface area contributed by atoms with Gasteiger partial charge in [-0.1, -0.05) is 0 Å². The minimum Gasteiger partial charge on any atom is -0.385 e. The third kappa shape index (κ3) is 13.1. The van der Waals surface area contributed by atoms with Crippen LogP contribution < -0.4 is 20.4 Å². The van der Waals surface area contributed by atoms with E-state index in [-0.39, 0.29) is 29.2 Å². The highest BCUT2D eigenvalue weighted by Crippen LogP contribution is 2.32. The van der Waals surface area contributed by atoms with Gasteiger partial charge in [0.25, 0.3) is 0 Å². The van der Waals surface area contributed by atoms with Gasteiger partial charge in [-0.05, 0) is 124 Å². The van der Waals surface area contributed by atoms with Crippen molar-refractivity contribution in [2.24, 2.45) is 0 Å². The molecule has 1 unspecified atom stereocenters. The van der Waals surface area contributed by atoms with Crippen molar-refractivity contribution in [3.8, 4) is 12.1 Å². The molecule has 4 aromatic rings. The van der Waals surface area contributed by atoms with Crippen LogP contribution in [0.5, 0.6) is 0 Å². The minimum atomic E-state index is -0.406. The molecular weight excluding hydrogens is 1020 g/mol. The Morgan fingerprint density at radius 2 is 1.19 bits per heavy atom. The highest BCUT2D eigenvalue weighted by Gasteiger charge is 2.39. The van der Waals surface area contributed by atoms with E-state index in [0.29, 0.717) is 142 Å². The molecule has 4 fully saturated rings. The summed E-state index contributed by atoms with van der Waals surface area (Å²) in [6, 6.07) is 11.1. The summed E-state index contributed by atoms with van der Waals surface area (Å²) >= 11 is 0. The van der Waals surface area contributed by atoms with Crippen LogP contribution in [0.15, 0.2) is 36.7 Å². The van der Waals surface area contributed by atoms with Crippen LogP contribution in [-0.2, 0) is 57.8 Å². The van der Waals surface area contributed by atoms with Crippen LogP contribution in [0, 0.1) is 22.7 Å². The maximum Gasteiger partial charge on any atom is 0.328 e. The van der Waals surface area contributed by atoms with Gasteiger partial charge in [-0.25, -0.2) is 29.5 Å². The Balaban J connectivity index is 0.000000194. The third-order valence-corrected chi connectivity index (χ3v) is 15.8. The van der Waals surface area contributed by atoms with Crippen LogP contribution in [0.2, 0.25) is 0 Å². The molecule has 0 bridgehead atoms. The zero-order chi connectivity index (χ0) is 56.3. The molecule has 4 saturated heterocycles. The standard InChI is InChI=1S/C29H36N8O4.C28H33N7O4/c1-34-16-24(17-34)35-8-9-36(27(39)18-35)15-22-11-21-5-3-7-37(28(21)32-25(22)19-38)29(40)33-26-12-20(6-4-10-41-2)23(13-30)14-31-26;1-39-12-4-6-19-14-25(30-16-22(19)15-29)32-28(38)35-9-2-5-20-13-21(23(18-36)31-26(20)35)17-34-11-10-33-8-3-7-24(33)27(34)37/h11-12,14,19,24H,3-10,15-18H2,1-2H3,(H,31,33,40);13-14,16,18,24H,2-12,17H2,1H3,(H,30,32,38). The van der Waals surface area contributed by atoms with E-state index in [2.05, 4.69) is 64.5 Å². The van der Waals surface area contributed by atoms with Gasteiger partial charge in [0.1, 0.15) is 46.8 Å². The summed E-state index contributed by atoms with van der Waals surface area (Å²) in [7, 11) is 5.33. The molecule has 23 heteroatoms. The van der Waals surface area contributed by atoms with E-state index in [1.807, 2.05) is 17.0 Å². The Labute approximate surface area is 465 Å². The number of hydrogen-bond acceptors (Lipinski definition) is 17. The van der Waals surface area contributed by atoms with Gasteiger partial charge >= 0.3 is 12.1 Å². The number of carbonyl (C=O) groups is 6. The summed E-state index contributed by atoms with van der Waals surface area (Å²) in [6.45, 7) is 8.89. The van der Waals surface area contributed by atoms with Gasteiger partial charge in [-0.2, -0.15) is 10.5 Å². The van der Waals surface area contributed by atoms with E-state index in [4.69, 9.17) is 9.47 Å². The van der Waals surface area contributed by atoms with Crippen LogP contribution in [0.1, 0.15) is 104 Å². The lowest BCUT2D eigenvalue weighted by Crippen LogP contribution is -2.63. The lowest BCUT2D eigenvalue weighted by molar-refractivity contribution is -0.141. The van der Waals surface area contributed by atoms with E-state index >= 15 is 0 Å². The molecule has 6 aliphatic rings. The van der Waals surface area contributed by atoms with Crippen molar-refractivity contribution < 1.29 is 38.2 Å². The molecule has 80 heavy (non-hydrogen) atoms. The van der Waals surface area contributed by atoms with Crippen molar-refractivity contribution in [3.05, 3.63) is 92.6 Å². The third-order valence-electron chi connectivity index (χ3n) is 15.8. The number of piperazine rings is 2. The second-order valence-electron chi connectivity index (χ2n) is 21.1. The Bertz CT molecular complexity index is 3060. The molecule has 0 aliphatic carbocycles. The second kappa shape index (κ2) is 26.4. The number of urea groups is 2. The van der Waals surface area contributed by atoms with Crippen LogP contribution in [0.25, 0.3) is 0 Å². The zero-order valence-corrected chi connectivity index (χ0v) is 45.8. The summed E-state index contributed by atoms with van der Waals surface area (Å²) in [5.41, 5.74) is 6.12. The summed E-state index contributed by atoms with van der Waals surface area (Å²) < 4.78 is 10.2. The van der Waals surface area contributed by atoms with Gasteiger partial charge in [0.15, 0.2) is 12.6 Å². The molecule has 0 radical (unpaired) electrons. The van der Waals surface area contributed by atoms with Gasteiger partial charge < -0.3 is 24.2 Å². The summed E-state index contributed by atoms with van der Waals surface area (Å²) in [5, 5.41) is 24.5. The molecule has 0 spiro atoms. The fraction of sp³-hybridized carbons (Fsp3) is 0.509. The number of nitrogens with zero attached hydrogens (tertiary/aromatic N) is 13.